The number of carbonyl (C=O) groups excluding carboxylic acids is 1. The van der Waals surface area contributed by atoms with Crippen molar-refractivity contribution >= 4 is 21.8 Å². The fourth-order valence-corrected chi connectivity index (χ4v) is 2.68. The first-order chi connectivity index (χ1) is 11.3. The summed E-state index contributed by atoms with van der Waals surface area (Å²) < 4.78 is 27.1. The number of esters is 1. The Morgan fingerprint density at radius 2 is 1.88 bits per heavy atom. The molecule has 0 aliphatic rings. The highest BCUT2D eigenvalue weighted by Gasteiger charge is 2.10. The lowest BCUT2D eigenvalue weighted by Gasteiger charge is -2.09. The quantitative estimate of drug-likeness (QED) is 0.764. The lowest BCUT2D eigenvalue weighted by Crippen LogP contribution is -2.12. The van der Waals surface area contributed by atoms with Crippen LogP contribution in [0.4, 0.5) is 5.82 Å². The zero-order chi connectivity index (χ0) is 17.7. The number of aryl methyl sites for hydroxylation is 1. The van der Waals surface area contributed by atoms with Crippen molar-refractivity contribution < 1.29 is 17.9 Å². The van der Waals surface area contributed by atoms with Crippen LogP contribution in [-0.4, -0.2) is 33.0 Å². The lowest BCUT2D eigenvalue weighted by atomic mass is 10.1. The first-order valence-electron chi connectivity index (χ1n) is 7.23. The van der Waals surface area contributed by atoms with Crippen molar-refractivity contribution in [2.45, 2.75) is 18.2 Å². The molecule has 8 heteroatoms. The molecule has 128 valence electrons. The minimum absolute atomic E-state index is 0.0925. The summed E-state index contributed by atoms with van der Waals surface area (Å²) in [6, 6.07) is 9.79. The number of pyridine rings is 1. The molecule has 0 aliphatic carbocycles. The Kier molecular flexibility index (Phi) is 5.53. The maximum absolute atomic E-state index is 11.5. The largest absolute Gasteiger partial charge is 0.465 e. The Balaban J connectivity index is 1.95. The fraction of sp³-hybridized carbons (Fsp3) is 0.250. The van der Waals surface area contributed by atoms with Gasteiger partial charge in [-0.3, -0.25) is 0 Å². The van der Waals surface area contributed by atoms with Crippen molar-refractivity contribution in [1.82, 2.24) is 4.98 Å². The van der Waals surface area contributed by atoms with E-state index in [1.807, 2.05) is 0 Å². The zero-order valence-corrected chi connectivity index (χ0v) is 14.3. The van der Waals surface area contributed by atoms with Crippen LogP contribution in [0.25, 0.3) is 0 Å². The van der Waals surface area contributed by atoms with Gasteiger partial charge in [-0.05, 0) is 43.2 Å². The van der Waals surface area contributed by atoms with Crippen LogP contribution in [0.15, 0.2) is 41.3 Å². The molecule has 0 spiro atoms. The Morgan fingerprint density at radius 1 is 1.21 bits per heavy atom. The average Bonchev–Trinajstić information content (AvgIpc) is 2.54. The monoisotopic (exact) mass is 349 g/mol. The van der Waals surface area contributed by atoms with Gasteiger partial charge in [-0.25, -0.2) is 23.3 Å². The topological polar surface area (TPSA) is 111 Å². The molecule has 7 nitrogen and oxygen atoms in total. The molecule has 2 aromatic rings. The van der Waals surface area contributed by atoms with Crippen LogP contribution in [0.5, 0.6) is 0 Å². The first-order valence-corrected chi connectivity index (χ1v) is 8.77. The number of hydrogen-bond donors (Lipinski definition) is 2. The smallest absolute Gasteiger partial charge is 0.339 e. The molecule has 0 saturated carbocycles. The summed E-state index contributed by atoms with van der Waals surface area (Å²) >= 11 is 0. The molecule has 0 fully saturated rings. The van der Waals surface area contributed by atoms with Crippen molar-refractivity contribution in [3.05, 3.63) is 53.2 Å². The standard InChI is InChI=1S/C16H19N3O4S/c1-11-14(16(20)23-2)7-8-15(19-11)18-10-9-12-3-5-13(6-4-12)24(17,21)22/h3-8H,9-10H2,1-2H3,(H,18,19)(H2,17,21,22). The van der Waals surface area contributed by atoms with E-state index < -0.39 is 16.0 Å². The van der Waals surface area contributed by atoms with Crippen LogP contribution >= 0.6 is 0 Å². The van der Waals surface area contributed by atoms with E-state index in [0.29, 0.717) is 30.0 Å². The van der Waals surface area contributed by atoms with E-state index in [4.69, 9.17) is 5.14 Å². The summed E-state index contributed by atoms with van der Waals surface area (Å²) in [7, 11) is -2.34. The number of nitrogens with one attached hydrogen (secondary N) is 1. The predicted molar refractivity (Wildman–Crippen MR) is 90.3 cm³/mol. The van der Waals surface area contributed by atoms with E-state index in [9.17, 15) is 13.2 Å². The normalized spacial score (nSPS) is 11.1. The van der Waals surface area contributed by atoms with E-state index in [1.165, 1.54) is 19.2 Å². The molecule has 0 bridgehead atoms. The number of carbonyl (C=O) groups is 1. The molecule has 0 amide bonds. The van der Waals surface area contributed by atoms with Gasteiger partial charge >= 0.3 is 5.97 Å². The summed E-state index contributed by atoms with van der Waals surface area (Å²) in [4.78, 5) is 15.9. The van der Waals surface area contributed by atoms with Crippen molar-refractivity contribution in [2.75, 3.05) is 19.0 Å². The molecule has 2 rings (SSSR count). The van der Waals surface area contributed by atoms with Gasteiger partial charge in [0.2, 0.25) is 10.0 Å². The lowest BCUT2D eigenvalue weighted by molar-refractivity contribution is 0.0599. The number of aromatic nitrogens is 1. The highest BCUT2D eigenvalue weighted by molar-refractivity contribution is 7.89. The third-order valence-corrected chi connectivity index (χ3v) is 4.39. The van der Waals surface area contributed by atoms with Crippen LogP contribution in [0.3, 0.4) is 0 Å². The summed E-state index contributed by atoms with van der Waals surface area (Å²) in [5.41, 5.74) is 1.99. The summed E-state index contributed by atoms with van der Waals surface area (Å²) in [6.45, 7) is 2.35. The summed E-state index contributed by atoms with van der Waals surface area (Å²) in [6.07, 6.45) is 0.685. The van der Waals surface area contributed by atoms with E-state index in [2.05, 4.69) is 15.0 Å². The van der Waals surface area contributed by atoms with Crippen molar-refractivity contribution in [1.29, 1.82) is 0 Å². The Hall–Kier alpha value is -2.45. The summed E-state index contributed by atoms with van der Waals surface area (Å²) in [5, 5.41) is 8.22. The maximum atomic E-state index is 11.5. The number of primary sulfonamides is 1. The number of benzene rings is 1. The van der Waals surface area contributed by atoms with E-state index >= 15 is 0 Å². The second-order valence-electron chi connectivity index (χ2n) is 5.19. The second-order valence-corrected chi connectivity index (χ2v) is 6.75. The minimum atomic E-state index is -3.66. The van der Waals surface area contributed by atoms with Crippen molar-refractivity contribution in [3.8, 4) is 0 Å². The molecule has 0 unspecified atom stereocenters. The van der Waals surface area contributed by atoms with Crippen LogP contribution in [0, 0.1) is 6.92 Å². The second kappa shape index (κ2) is 7.41. The highest BCUT2D eigenvalue weighted by atomic mass is 32.2. The average molecular weight is 349 g/mol. The molecule has 1 aromatic heterocycles. The Bertz CT molecular complexity index is 833. The minimum Gasteiger partial charge on any atom is -0.465 e. The number of methoxy groups -OCH3 is 1. The van der Waals surface area contributed by atoms with Crippen molar-refractivity contribution in [2.24, 2.45) is 5.14 Å². The number of nitrogens with two attached hydrogens (primary N) is 1. The molecule has 0 radical (unpaired) electrons. The number of ether oxygens (including phenoxy) is 1. The Morgan fingerprint density at radius 3 is 2.42 bits per heavy atom. The SMILES string of the molecule is COC(=O)c1ccc(NCCc2ccc(S(N)(=O)=O)cc2)nc1C. The van der Waals surface area contributed by atoms with Gasteiger partial charge in [0.05, 0.1) is 23.3 Å². The van der Waals surface area contributed by atoms with Crippen LogP contribution in [-0.2, 0) is 21.2 Å². The predicted octanol–water partition coefficient (Wildman–Crippen LogP) is 1.48. The molecule has 0 saturated heterocycles. The molecule has 24 heavy (non-hydrogen) atoms. The molecule has 1 heterocycles. The van der Waals surface area contributed by atoms with Gasteiger partial charge in [-0.1, -0.05) is 12.1 Å². The van der Waals surface area contributed by atoms with Gasteiger partial charge in [-0.15, -0.1) is 0 Å². The molecular formula is C16H19N3O4S. The number of anilines is 1. The number of nitrogens with zero attached hydrogens (tertiary/aromatic N) is 1. The van der Waals surface area contributed by atoms with Gasteiger partial charge in [-0.2, -0.15) is 0 Å². The molecule has 0 atom stereocenters. The third-order valence-electron chi connectivity index (χ3n) is 3.46. The fourth-order valence-electron chi connectivity index (χ4n) is 2.17. The molecule has 1 aromatic carbocycles. The summed E-state index contributed by atoms with van der Waals surface area (Å²) in [5.74, 6) is 0.239. The Labute approximate surface area is 140 Å². The van der Waals surface area contributed by atoms with Crippen LogP contribution in [0.2, 0.25) is 0 Å². The van der Waals surface area contributed by atoms with Gasteiger partial charge in [0.25, 0.3) is 0 Å². The van der Waals surface area contributed by atoms with Crippen molar-refractivity contribution in [3.63, 3.8) is 0 Å². The highest BCUT2D eigenvalue weighted by Crippen LogP contribution is 2.13. The third kappa shape index (κ3) is 4.53. The molecular weight excluding hydrogens is 330 g/mol. The van der Waals surface area contributed by atoms with Gasteiger partial charge in [0.15, 0.2) is 0 Å². The van der Waals surface area contributed by atoms with Gasteiger partial charge in [0, 0.05) is 6.54 Å². The zero-order valence-electron chi connectivity index (χ0n) is 13.4. The number of sulfonamides is 1. The molecule has 3 N–H and O–H groups in total. The van der Waals surface area contributed by atoms with Gasteiger partial charge < -0.3 is 10.1 Å². The maximum Gasteiger partial charge on any atom is 0.339 e. The number of rotatable bonds is 6. The van der Waals surface area contributed by atoms with E-state index in [0.717, 1.165) is 5.56 Å². The van der Waals surface area contributed by atoms with E-state index in [1.54, 1.807) is 31.2 Å². The number of hydrogen-bond acceptors (Lipinski definition) is 6. The van der Waals surface area contributed by atoms with Crippen LogP contribution in [0.1, 0.15) is 21.6 Å². The molecule has 0 aliphatic heterocycles. The first kappa shape index (κ1) is 17.9. The van der Waals surface area contributed by atoms with Gasteiger partial charge in [0.1, 0.15) is 5.82 Å². The van der Waals surface area contributed by atoms with E-state index in [-0.39, 0.29) is 4.90 Å². The van der Waals surface area contributed by atoms with Crippen LogP contribution < -0.4 is 10.5 Å².